The lowest BCUT2D eigenvalue weighted by Gasteiger charge is -2.23. The molecule has 1 unspecified atom stereocenters. The predicted molar refractivity (Wildman–Crippen MR) is 73.1 cm³/mol. The van der Waals surface area contributed by atoms with Gasteiger partial charge in [-0.05, 0) is 43.4 Å². The van der Waals surface area contributed by atoms with E-state index in [1.807, 2.05) is 18.2 Å². The highest BCUT2D eigenvalue weighted by atomic mass is 35.5. The third-order valence-corrected chi connectivity index (χ3v) is 3.88. The molecule has 1 aromatic rings. The number of halogens is 2. The van der Waals surface area contributed by atoms with Crippen LogP contribution in [-0.4, -0.2) is 0 Å². The number of allylic oxidation sites excluding steroid dienone is 1. The van der Waals surface area contributed by atoms with Crippen LogP contribution in [0.4, 0.5) is 0 Å². The first-order valence-electron chi connectivity index (χ1n) is 5.82. The average Bonchev–Trinajstić information content (AvgIpc) is 2.36. The van der Waals surface area contributed by atoms with Crippen LogP contribution in [0.15, 0.2) is 29.8 Å². The van der Waals surface area contributed by atoms with Crippen LogP contribution in [0, 0.1) is 0 Å². The third-order valence-electron chi connectivity index (χ3n) is 3.14. The van der Waals surface area contributed by atoms with Gasteiger partial charge in [0.05, 0.1) is 16.1 Å². The Balaban J connectivity index is 2.28. The standard InChI is InChI=1S/C13H16Cl2N2/c14-11-7-6-10(8-12(11)15)13(17-16)9-4-2-1-3-5-9/h4,6-8,13,17H,1-3,5,16H2. The van der Waals surface area contributed by atoms with Crippen molar-refractivity contribution in [2.45, 2.75) is 31.7 Å². The molecule has 0 bridgehead atoms. The summed E-state index contributed by atoms with van der Waals surface area (Å²) in [5.74, 6) is 5.66. The Bertz CT molecular complexity index is 429. The molecule has 0 aliphatic heterocycles. The van der Waals surface area contributed by atoms with Gasteiger partial charge in [0.2, 0.25) is 0 Å². The van der Waals surface area contributed by atoms with Crippen molar-refractivity contribution in [1.82, 2.24) is 5.43 Å². The van der Waals surface area contributed by atoms with E-state index in [1.165, 1.54) is 18.4 Å². The second-order valence-electron chi connectivity index (χ2n) is 4.30. The summed E-state index contributed by atoms with van der Waals surface area (Å²) in [6.45, 7) is 0. The van der Waals surface area contributed by atoms with E-state index in [2.05, 4.69) is 11.5 Å². The highest BCUT2D eigenvalue weighted by molar-refractivity contribution is 6.42. The van der Waals surface area contributed by atoms with Crippen molar-refractivity contribution in [1.29, 1.82) is 0 Å². The van der Waals surface area contributed by atoms with Crippen molar-refractivity contribution in [3.05, 3.63) is 45.5 Å². The summed E-state index contributed by atoms with van der Waals surface area (Å²) in [7, 11) is 0. The van der Waals surface area contributed by atoms with Gasteiger partial charge in [-0.15, -0.1) is 0 Å². The van der Waals surface area contributed by atoms with Crippen molar-refractivity contribution in [3.8, 4) is 0 Å². The van der Waals surface area contributed by atoms with Gasteiger partial charge in [0, 0.05) is 0 Å². The topological polar surface area (TPSA) is 38.0 Å². The molecule has 0 amide bonds. The molecule has 1 atom stereocenters. The van der Waals surface area contributed by atoms with Crippen molar-refractivity contribution in [3.63, 3.8) is 0 Å². The van der Waals surface area contributed by atoms with E-state index in [4.69, 9.17) is 29.0 Å². The van der Waals surface area contributed by atoms with Gasteiger partial charge in [-0.3, -0.25) is 5.84 Å². The molecule has 1 aliphatic carbocycles. The highest BCUT2D eigenvalue weighted by Gasteiger charge is 2.17. The lowest BCUT2D eigenvalue weighted by molar-refractivity contribution is 0.566. The maximum atomic E-state index is 6.03. The molecule has 1 aromatic carbocycles. The van der Waals surface area contributed by atoms with Gasteiger partial charge in [-0.25, -0.2) is 5.43 Å². The Kier molecular flexibility index (Phi) is 4.46. The van der Waals surface area contributed by atoms with E-state index < -0.39 is 0 Å². The van der Waals surface area contributed by atoms with E-state index in [9.17, 15) is 0 Å². The molecular formula is C13H16Cl2N2. The molecule has 1 aliphatic rings. The van der Waals surface area contributed by atoms with E-state index >= 15 is 0 Å². The van der Waals surface area contributed by atoms with Gasteiger partial charge < -0.3 is 0 Å². The fourth-order valence-electron chi connectivity index (χ4n) is 2.23. The van der Waals surface area contributed by atoms with Crippen LogP contribution in [0.1, 0.15) is 37.3 Å². The number of rotatable bonds is 3. The Morgan fingerprint density at radius 2 is 2.00 bits per heavy atom. The minimum Gasteiger partial charge on any atom is -0.271 e. The first kappa shape index (κ1) is 12.9. The number of nitrogens with two attached hydrogens (primary N) is 1. The SMILES string of the molecule is NNC(C1=CCCCC1)c1ccc(Cl)c(Cl)c1. The Labute approximate surface area is 112 Å². The van der Waals surface area contributed by atoms with Crippen LogP contribution in [0.25, 0.3) is 0 Å². The summed E-state index contributed by atoms with van der Waals surface area (Å²) in [6.07, 6.45) is 6.99. The molecule has 17 heavy (non-hydrogen) atoms. The minimum absolute atomic E-state index is 0.0464. The monoisotopic (exact) mass is 270 g/mol. The number of benzene rings is 1. The van der Waals surface area contributed by atoms with Crippen LogP contribution in [0.2, 0.25) is 10.0 Å². The molecule has 0 saturated carbocycles. The van der Waals surface area contributed by atoms with Gasteiger partial charge in [0.25, 0.3) is 0 Å². The molecule has 3 N–H and O–H groups in total. The summed E-state index contributed by atoms with van der Waals surface area (Å²) < 4.78 is 0. The zero-order valence-corrected chi connectivity index (χ0v) is 11.1. The zero-order chi connectivity index (χ0) is 12.3. The fourth-order valence-corrected chi connectivity index (χ4v) is 2.54. The predicted octanol–water partition coefficient (Wildman–Crippen LogP) is 4.00. The Hall–Kier alpha value is -0.540. The van der Waals surface area contributed by atoms with Crippen LogP contribution in [0.5, 0.6) is 0 Å². The quantitative estimate of drug-likeness (QED) is 0.495. The van der Waals surface area contributed by atoms with E-state index in [0.29, 0.717) is 10.0 Å². The van der Waals surface area contributed by atoms with Gasteiger partial charge in [-0.1, -0.05) is 40.9 Å². The Morgan fingerprint density at radius 3 is 2.59 bits per heavy atom. The van der Waals surface area contributed by atoms with Crippen molar-refractivity contribution >= 4 is 23.2 Å². The van der Waals surface area contributed by atoms with Crippen molar-refractivity contribution in [2.75, 3.05) is 0 Å². The second-order valence-corrected chi connectivity index (χ2v) is 5.11. The molecule has 0 heterocycles. The van der Waals surface area contributed by atoms with Crippen molar-refractivity contribution < 1.29 is 0 Å². The number of hydrogen-bond donors (Lipinski definition) is 2. The molecule has 2 nitrogen and oxygen atoms in total. The molecule has 0 saturated heterocycles. The number of nitrogens with one attached hydrogen (secondary N) is 1. The molecule has 2 rings (SSSR count). The average molecular weight is 271 g/mol. The molecule has 4 heteroatoms. The van der Waals surface area contributed by atoms with E-state index in [1.54, 1.807) is 0 Å². The van der Waals surface area contributed by atoms with Gasteiger partial charge in [-0.2, -0.15) is 0 Å². The van der Waals surface area contributed by atoms with Crippen LogP contribution in [-0.2, 0) is 0 Å². The van der Waals surface area contributed by atoms with Gasteiger partial charge in [0.15, 0.2) is 0 Å². The molecular weight excluding hydrogens is 255 g/mol. The first-order valence-corrected chi connectivity index (χ1v) is 6.58. The first-order chi connectivity index (χ1) is 8.22. The lowest BCUT2D eigenvalue weighted by atomic mass is 9.90. The summed E-state index contributed by atoms with van der Waals surface area (Å²) >= 11 is 11.9. The summed E-state index contributed by atoms with van der Waals surface area (Å²) in [4.78, 5) is 0. The van der Waals surface area contributed by atoms with Gasteiger partial charge >= 0.3 is 0 Å². The zero-order valence-electron chi connectivity index (χ0n) is 9.55. The summed E-state index contributed by atoms with van der Waals surface area (Å²) in [5, 5.41) is 1.14. The Morgan fingerprint density at radius 1 is 1.18 bits per heavy atom. The molecule has 0 spiro atoms. The molecule has 0 aromatic heterocycles. The largest absolute Gasteiger partial charge is 0.271 e. The highest BCUT2D eigenvalue weighted by Crippen LogP contribution is 2.32. The molecule has 92 valence electrons. The van der Waals surface area contributed by atoms with Crippen LogP contribution in [0.3, 0.4) is 0 Å². The molecule has 0 radical (unpaired) electrons. The summed E-state index contributed by atoms with van der Waals surface area (Å²) in [6, 6.07) is 5.70. The maximum Gasteiger partial charge on any atom is 0.0670 e. The van der Waals surface area contributed by atoms with E-state index in [0.717, 1.165) is 18.4 Å². The second kappa shape index (κ2) is 5.87. The lowest BCUT2D eigenvalue weighted by Crippen LogP contribution is -2.30. The fraction of sp³-hybridized carbons (Fsp3) is 0.385. The van der Waals surface area contributed by atoms with Gasteiger partial charge in [0.1, 0.15) is 0 Å². The summed E-state index contributed by atoms with van der Waals surface area (Å²) in [5.41, 5.74) is 5.27. The van der Waals surface area contributed by atoms with Crippen molar-refractivity contribution in [2.24, 2.45) is 5.84 Å². The normalized spacial score (nSPS) is 17.7. The van der Waals surface area contributed by atoms with E-state index in [-0.39, 0.29) is 6.04 Å². The van der Waals surface area contributed by atoms with Crippen LogP contribution >= 0.6 is 23.2 Å². The molecule has 0 fully saturated rings. The van der Waals surface area contributed by atoms with Crippen LogP contribution < -0.4 is 11.3 Å². The third kappa shape index (κ3) is 3.02. The minimum atomic E-state index is 0.0464. The number of hydrogen-bond acceptors (Lipinski definition) is 2. The smallest absolute Gasteiger partial charge is 0.0670 e. The maximum absolute atomic E-state index is 6.03. The number of hydrazine groups is 1.